The molecule has 0 spiro atoms. The second-order valence-electron chi connectivity index (χ2n) is 5.72. The molecule has 1 atom stereocenters. The van der Waals surface area contributed by atoms with E-state index in [2.05, 4.69) is 61.6 Å². The summed E-state index contributed by atoms with van der Waals surface area (Å²) in [6.45, 7) is 3.36. The number of rotatable bonds is 6. The van der Waals surface area contributed by atoms with Crippen LogP contribution in [0.2, 0.25) is 0 Å². The lowest BCUT2D eigenvalue weighted by Gasteiger charge is -2.48. The van der Waals surface area contributed by atoms with Gasteiger partial charge in [-0.3, -0.25) is 0 Å². The third-order valence-corrected chi connectivity index (χ3v) is 4.52. The number of hydrogen-bond acceptors (Lipinski definition) is 2. The van der Waals surface area contributed by atoms with Crippen LogP contribution in [0.5, 0.6) is 0 Å². The van der Waals surface area contributed by atoms with Gasteiger partial charge in [-0.2, -0.15) is 0 Å². The Morgan fingerprint density at radius 2 is 1.89 bits per heavy atom. The Labute approximate surface area is 111 Å². The maximum absolute atomic E-state index is 3.77. The molecule has 1 saturated carbocycles. The second-order valence-corrected chi connectivity index (χ2v) is 5.72. The summed E-state index contributed by atoms with van der Waals surface area (Å²) in [5.74, 6) is 0. The molecule has 0 aromatic heterocycles. The topological polar surface area (TPSA) is 15.3 Å². The van der Waals surface area contributed by atoms with E-state index < -0.39 is 0 Å². The average molecular weight is 246 g/mol. The first-order valence-electron chi connectivity index (χ1n) is 7.14. The molecule has 18 heavy (non-hydrogen) atoms. The fraction of sp³-hybridized carbons (Fsp3) is 0.625. The lowest BCUT2D eigenvalue weighted by molar-refractivity contribution is 0.0569. The van der Waals surface area contributed by atoms with Gasteiger partial charge in [0.1, 0.15) is 0 Å². The van der Waals surface area contributed by atoms with Gasteiger partial charge in [0.05, 0.1) is 0 Å². The van der Waals surface area contributed by atoms with Crippen molar-refractivity contribution in [3.63, 3.8) is 0 Å². The van der Waals surface area contributed by atoms with Crippen LogP contribution in [-0.2, 0) is 0 Å². The highest BCUT2D eigenvalue weighted by atomic mass is 15.2. The molecule has 1 N–H and O–H groups in total. The smallest absolute Gasteiger partial charge is 0.0328 e. The van der Waals surface area contributed by atoms with Gasteiger partial charge in [0.15, 0.2) is 0 Å². The molecule has 0 aliphatic heterocycles. The number of hydrogen-bond donors (Lipinski definition) is 1. The van der Waals surface area contributed by atoms with Crippen LogP contribution in [0, 0.1) is 0 Å². The molecule has 2 nitrogen and oxygen atoms in total. The zero-order valence-corrected chi connectivity index (χ0v) is 11.9. The molecule has 0 bridgehead atoms. The van der Waals surface area contributed by atoms with Crippen LogP contribution < -0.4 is 5.32 Å². The zero-order chi connectivity index (χ0) is 13.0. The summed E-state index contributed by atoms with van der Waals surface area (Å²) in [6.07, 6.45) is 5.19. The molecule has 1 unspecified atom stereocenters. The Morgan fingerprint density at radius 1 is 1.22 bits per heavy atom. The summed E-state index contributed by atoms with van der Waals surface area (Å²) in [5.41, 5.74) is 1.82. The van der Waals surface area contributed by atoms with Gasteiger partial charge in [-0.25, -0.2) is 0 Å². The summed E-state index contributed by atoms with van der Waals surface area (Å²) < 4.78 is 0. The Balaban J connectivity index is 1.95. The van der Waals surface area contributed by atoms with Crippen molar-refractivity contribution in [3.8, 4) is 0 Å². The van der Waals surface area contributed by atoms with Crippen molar-refractivity contribution in [2.24, 2.45) is 0 Å². The summed E-state index contributed by atoms with van der Waals surface area (Å²) >= 11 is 0. The lowest BCUT2D eigenvalue weighted by atomic mass is 9.75. The predicted molar refractivity (Wildman–Crippen MR) is 77.7 cm³/mol. The Morgan fingerprint density at radius 3 is 2.33 bits per heavy atom. The van der Waals surface area contributed by atoms with E-state index in [9.17, 15) is 0 Å². The van der Waals surface area contributed by atoms with Crippen molar-refractivity contribution < 1.29 is 0 Å². The third-order valence-electron chi connectivity index (χ3n) is 4.52. The van der Waals surface area contributed by atoms with Crippen LogP contribution in [0.4, 0.5) is 0 Å². The maximum atomic E-state index is 3.77. The third kappa shape index (κ3) is 2.76. The number of likely N-dealkylation sites (N-methyl/N-ethyl adjacent to an activating group) is 1. The first kappa shape index (κ1) is 13.6. The minimum absolute atomic E-state index is 0.405. The molecule has 1 fully saturated rings. The lowest BCUT2D eigenvalue weighted by Crippen LogP contribution is -2.56. The first-order chi connectivity index (χ1) is 8.68. The van der Waals surface area contributed by atoms with Crippen LogP contribution in [0.3, 0.4) is 0 Å². The zero-order valence-electron chi connectivity index (χ0n) is 11.9. The molecule has 1 aromatic carbocycles. The Bertz CT molecular complexity index is 355. The van der Waals surface area contributed by atoms with Gasteiger partial charge in [-0.05, 0) is 45.3 Å². The van der Waals surface area contributed by atoms with E-state index in [4.69, 9.17) is 0 Å². The van der Waals surface area contributed by atoms with E-state index in [0.29, 0.717) is 11.6 Å². The minimum Gasteiger partial charge on any atom is -0.308 e. The van der Waals surface area contributed by atoms with Gasteiger partial charge >= 0.3 is 0 Å². The Hall–Kier alpha value is -0.860. The van der Waals surface area contributed by atoms with Gasteiger partial charge in [0, 0.05) is 18.1 Å². The molecular formula is C16H26N2. The van der Waals surface area contributed by atoms with Crippen molar-refractivity contribution >= 4 is 0 Å². The highest BCUT2D eigenvalue weighted by Gasteiger charge is 2.38. The van der Waals surface area contributed by atoms with Crippen LogP contribution in [-0.4, -0.2) is 31.1 Å². The molecule has 2 heteroatoms. The molecule has 0 heterocycles. The molecule has 0 amide bonds. The van der Waals surface area contributed by atoms with E-state index >= 15 is 0 Å². The van der Waals surface area contributed by atoms with Gasteiger partial charge in [-0.1, -0.05) is 37.3 Å². The summed E-state index contributed by atoms with van der Waals surface area (Å²) in [4.78, 5) is 2.40. The Kier molecular flexibility index (Phi) is 4.41. The van der Waals surface area contributed by atoms with Crippen molar-refractivity contribution in [2.75, 3.05) is 20.6 Å². The maximum Gasteiger partial charge on any atom is 0.0328 e. The molecule has 100 valence electrons. The standard InChI is InChI=1S/C16H26N2/c1-4-15(14-9-6-5-7-10-14)17-13-16(18(2)3)11-8-12-16/h5-7,9-10,15,17H,4,8,11-13H2,1-3H3. The molecule has 0 saturated heterocycles. The fourth-order valence-electron chi connectivity index (χ4n) is 2.86. The molecule has 1 aromatic rings. The fourth-order valence-corrected chi connectivity index (χ4v) is 2.86. The molecule has 2 rings (SSSR count). The summed E-state index contributed by atoms with van der Waals surface area (Å²) in [6, 6.07) is 11.3. The van der Waals surface area contributed by atoms with Crippen molar-refractivity contribution in [1.82, 2.24) is 10.2 Å². The molecule has 1 aliphatic carbocycles. The first-order valence-corrected chi connectivity index (χ1v) is 7.14. The minimum atomic E-state index is 0.405. The second kappa shape index (κ2) is 5.85. The summed E-state index contributed by atoms with van der Waals surface area (Å²) in [5, 5.41) is 3.77. The molecule has 0 radical (unpaired) electrons. The largest absolute Gasteiger partial charge is 0.308 e. The van der Waals surface area contributed by atoms with Crippen LogP contribution >= 0.6 is 0 Å². The average Bonchev–Trinajstić information content (AvgIpc) is 2.33. The predicted octanol–water partition coefficient (Wildman–Crippen LogP) is 3.21. The normalized spacial score (nSPS) is 19.6. The summed E-state index contributed by atoms with van der Waals surface area (Å²) in [7, 11) is 4.43. The van der Waals surface area contributed by atoms with E-state index in [1.807, 2.05) is 0 Å². The highest BCUT2D eigenvalue weighted by Crippen LogP contribution is 2.36. The van der Waals surface area contributed by atoms with Crippen LogP contribution in [0.25, 0.3) is 0 Å². The van der Waals surface area contributed by atoms with E-state index in [-0.39, 0.29) is 0 Å². The monoisotopic (exact) mass is 246 g/mol. The SMILES string of the molecule is CCC(NCC1(N(C)C)CCC1)c1ccccc1. The van der Waals surface area contributed by atoms with Gasteiger partial charge < -0.3 is 10.2 Å². The highest BCUT2D eigenvalue weighted by molar-refractivity contribution is 5.19. The number of benzene rings is 1. The molecular weight excluding hydrogens is 220 g/mol. The van der Waals surface area contributed by atoms with E-state index in [1.54, 1.807) is 0 Å². The van der Waals surface area contributed by atoms with E-state index in [1.165, 1.54) is 24.8 Å². The van der Waals surface area contributed by atoms with Crippen LogP contribution in [0.15, 0.2) is 30.3 Å². The van der Waals surface area contributed by atoms with Crippen molar-refractivity contribution in [1.29, 1.82) is 0 Å². The van der Waals surface area contributed by atoms with Crippen molar-refractivity contribution in [2.45, 2.75) is 44.2 Å². The van der Waals surface area contributed by atoms with E-state index in [0.717, 1.165) is 13.0 Å². The number of nitrogens with one attached hydrogen (secondary N) is 1. The van der Waals surface area contributed by atoms with Gasteiger partial charge in [0.25, 0.3) is 0 Å². The van der Waals surface area contributed by atoms with Crippen LogP contribution in [0.1, 0.15) is 44.2 Å². The quantitative estimate of drug-likeness (QED) is 0.829. The van der Waals surface area contributed by atoms with Gasteiger partial charge in [-0.15, -0.1) is 0 Å². The number of nitrogens with zero attached hydrogens (tertiary/aromatic N) is 1. The van der Waals surface area contributed by atoms with Crippen molar-refractivity contribution in [3.05, 3.63) is 35.9 Å². The molecule has 1 aliphatic rings. The van der Waals surface area contributed by atoms with Gasteiger partial charge in [0.2, 0.25) is 0 Å².